The lowest BCUT2D eigenvalue weighted by Crippen LogP contribution is -2.53. The van der Waals surface area contributed by atoms with Gasteiger partial charge < -0.3 is 0 Å². The molecule has 1 aliphatic rings. The second-order valence-electron chi connectivity index (χ2n) is 3.95. The molecule has 9 heteroatoms. The van der Waals surface area contributed by atoms with Crippen LogP contribution in [0.3, 0.4) is 0 Å². The van der Waals surface area contributed by atoms with Gasteiger partial charge in [0.05, 0.1) is 4.92 Å². The minimum atomic E-state index is -0.624. The molecule has 1 N–H and O–H groups in total. The topological polar surface area (TPSA) is 92.6 Å². The summed E-state index contributed by atoms with van der Waals surface area (Å²) in [5, 5.41) is 13.0. The van der Waals surface area contributed by atoms with E-state index in [9.17, 15) is 19.7 Å². The predicted octanol–water partition coefficient (Wildman–Crippen LogP) is 1.47. The number of nitrogens with zero attached hydrogens (tertiary/aromatic N) is 2. The van der Waals surface area contributed by atoms with Crippen molar-refractivity contribution >= 4 is 51.6 Å². The molecule has 108 valence electrons. The van der Waals surface area contributed by atoms with Crippen LogP contribution in [-0.2, 0) is 9.59 Å². The van der Waals surface area contributed by atoms with Crippen LogP contribution >= 0.6 is 23.6 Å². The Morgan fingerprint density at radius 3 is 2.76 bits per heavy atom. The van der Waals surface area contributed by atoms with Gasteiger partial charge >= 0.3 is 5.00 Å². The summed E-state index contributed by atoms with van der Waals surface area (Å²) in [6.45, 7) is 3.68. The van der Waals surface area contributed by atoms with Gasteiger partial charge in [-0.15, -0.1) is 6.58 Å². The smallest absolute Gasteiger partial charge is 0.298 e. The Hall–Kier alpha value is -2.39. The molecule has 1 fully saturated rings. The van der Waals surface area contributed by atoms with Crippen LogP contribution in [0, 0.1) is 10.1 Å². The zero-order valence-corrected chi connectivity index (χ0v) is 12.2. The first-order valence-corrected chi connectivity index (χ1v) is 6.90. The van der Waals surface area contributed by atoms with Crippen LogP contribution in [0.1, 0.15) is 4.88 Å². The van der Waals surface area contributed by atoms with E-state index in [1.165, 1.54) is 29.2 Å². The van der Waals surface area contributed by atoms with Gasteiger partial charge in [0, 0.05) is 17.5 Å². The van der Waals surface area contributed by atoms with E-state index in [0.29, 0.717) is 4.88 Å². The first kappa shape index (κ1) is 15.0. The van der Waals surface area contributed by atoms with Gasteiger partial charge in [0.25, 0.3) is 11.8 Å². The summed E-state index contributed by atoms with van der Waals surface area (Å²) in [5.74, 6) is -1.18. The molecule has 1 aromatic rings. The van der Waals surface area contributed by atoms with Crippen molar-refractivity contribution in [3.8, 4) is 0 Å². The molecule has 2 rings (SSSR count). The van der Waals surface area contributed by atoms with Crippen molar-refractivity contribution in [2.45, 2.75) is 0 Å². The van der Waals surface area contributed by atoms with Crippen molar-refractivity contribution in [1.82, 2.24) is 10.2 Å². The standard InChI is InChI=1S/C12H9N3O4S2/c1-2-5-14-11(17)8(10(16)13-12(14)20)6-7-3-4-9(21-7)15(18)19/h2-4,6H,1,5H2,(H,13,16,20)/b8-6-. The van der Waals surface area contributed by atoms with Gasteiger partial charge in [-0.05, 0) is 24.4 Å². The number of thiophene rings is 1. The Morgan fingerprint density at radius 1 is 1.48 bits per heavy atom. The number of amides is 2. The SMILES string of the molecule is C=CCN1C(=O)/C(=C\c2ccc([N+](=O)[O-])s2)C(=O)NC1=S. The molecule has 2 amide bonds. The third-order valence-corrected chi connectivity index (χ3v) is 3.88. The zero-order valence-electron chi connectivity index (χ0n) is 10.6. The Labute approximate surface area is 128 Å². The van der Waals surface area contributed by atoms with E-state index in [4.69, 9.17) is 12.2 Å². The molecular weight excluding hydrogens is 314 g/mol. The first-order chi connectivity index (χ1) is 9.93. The molecule has 0 radical (unpaired) electrons. The van der Waals surface area contributed by atoms with Crippen molar-refractivity contribution < 1.29 is 14.5 Å². The fraction of sp³-hybridized carbons (Fsp3) is 0.0833. The Morgan fingerprint density at radius 2 is 2.19 bits per heavy atom. The van der Waals surface area contributed by atoms with E-state index in [1.54, 1.807) is 0 Å². The Kier molecular flexibility index (Phi) is 4.24. The number of rotatable bonds is 4. The largest absolute Gasteiger partial charge is 0.324 e. The summed E-state index contributed by atoms with van der Waals surface area (Å²) in [6, 6.07) is 2.79. The van der Waals surface area contributed by atoms with Crippen LogP contribution in [0.4, 0.5) is 5.00 Å². The molecule has 7 nitrogen and oxygen atoms in total. The Bertz CT molecular complexity index is 692. The molecule has 21 heavy (non-hydrogen) atoms. The normalized spacial score (nSPS) is 17.0. The van der Waals surface area contributed by atoms with Gasteiger partial charge in [-0.2, -0.15) is 0 Å². The van der Waals surface area contributed by atoms with Crippen molar-refractivity contribution in [3.05, 3.63) is 45.4 Å². The van der Waals surface area contributed by atoms with Crippen molar-refractivity contribution in [1.29, 1.82) is 0 Å². The van der Waals surface area contributed by atoms with E-state index >= 15 is 0 Å². The molecule has 2 heterocycles. The van der Waals surface area contributed by atoms with E-state index in [-0.39, 0.29) is 22.2 Å². The third kappa shape index (κ3) is 3.03. The van der Waals surface area contributed by atoms with Gasteiger partial charge in [-0.3, -0.25) is 29.9 Å². The number of hydrogen-bond donors (Lipinski definition) is 1. The molecule has 0 spiro atoms. The predicted molar refractivity (Wildman–Crippen MR) is 81.6 cm³/mol. The molecule has 0 atom stereocenters. The zero-order chi connectivity index (χ0) is 15.6. The molecule has 0 aromatic carbocycles. The van der Waals surface area contributed by atoms with Crippen LogP contribution in [0.2, 0.25) is 0 Å². The number of nitrogens with one attached hydrogen (secondary N) is 1. The van der Waals surface area contributed by atoms with Crippen LogP contribution in [0.15, 0.2) is 30.4 Å². The van der Waals surface area contributed by atoms with Crippen molar-refractivity contribution in [3.63, 3.8) is 0 Å². The van der Waals surface area contributed by atoms with Gasteiger partial charge in [0.15, 0.2) is 5.11 Å². The van der Waals surface area contributed by atoms with E-state index in [2.05, 4.69) is 11.9 Å². The number of thiocarbonyl (C=S) groups is 1. The van der Waals surface area contributed by atoms with Crippen LogP contribution < -0.4 is 5.32 Å². The number of hydrogen-bond acceptors (Lipinski definition) is 6. The maximum atomic E-state index is 12.2. The maximum Gasteiger partial charge on any atom is 0.324 e. The van der Waals surface area contributed by atoms with Crippen molar-refractivity contribution in [2.75, 3.05) is 6.54 Å². The minimum absolute atomic E-state index is 0.0132. The number of nitro groups is 1. The molecule has 0 unspecified atom stereocenters. The third-order valence-electron chi connectivity index (χ3n) is 2.58. The molecule has 0 aliphatic carbocycles. The summed E-state index contributed by atoms with van der Waals surface area (Å²) in [6.07, 6.45) is 2.79. The minimum Gasteiger partial charge on any atom is -0.298 e. The highest BCUT2D eigenvalue weighted by atomic mass is 32.1. The lowest BCUT2D eigenvalue weighted by molar-refractivity contribution is -0.380. The summed E-state index contributed by atoms with van der Waals surface area (Å²) in [5.41, 5.74) is -0.123. The van der Waals surface area contributed by atoms with Gasteiger partial charge in [-0.1, -0.05) is 17.4 Å². The number of carbonyl (C=O) groups excluding carboxylic acids is 2. The highest BCUT2D eigenvalue weighted by molar-refractivity contribution is 7.80. The fourth-order valence-electron chi connectivity index (χ4n) is 1.65. The molecule has 0 saturated carbocycles. The molecular formula is C12H9N3O4S2. The second-order valence-corrected chi connectivity index (χ2v) is 5.44. The number of carbonyl (C=O) groups is 2. The van der Waals surface area contributed by atoms with Crippen molar-refractivity contribution in [2.24, 2.45) is 0 Å². The first-order valence-electron chi connectivity index (χ1n) is 5.68. The highest BCUT2D eigenvalue weighted by Crippen LogP contribution is 2.26. The summed E-state index contributed by atoms with van der Waals surface area (Å²) in [4.78, 5) is 35.8. The average molecular weight is 323 g/mol. The van der Waals surface area contributed by atoms with E-state index in [1.807, 2.05) is 0 Å². The monoisotopic (exact) mass is 323 g/mol. The molecule has 1 aromatic heterocycles. The van der Waals surface area contributed by atoms with Crippen LogP contribution in [0.5, 0.6) is 0 Å². The maximum absolute atomic E-state index is 12.2. The Balaban J connectivity index is 2.35. The summed E-state index contributed by atoms with van der Waals surface area (Å²) >= 11 is 5.79. The van der Waals surface area contributed by atoms with Crippen LogP contribution in [0.25, 0.3) is 6.08 Å². The molecule has 1 aliphatic heterocycles. The highest BCUT2D eigenvalue weighted by Gasteiger charge is 2.32. The van der Waals surface area contributed by atoms with Crippen LogP contribution in [-0.4, -0.2) is 33.3 Å². The molecule has 0 bridgehead atoms. The lowest BCUT2D eigenvalue weighted by Gasteiger charge is -2.27. The van der Waals surface area contributed by atoms with Gasteiger partial charge in [-0.25, -0.2) is 0 Å². The molecule has 1 saturated heterocycles. The van der Waals surface area contributed by atoms with Gasteiger partial charge in [0.2, 0.25) is 0 Å². The van der Waals surface area contributed by atoms with E-state index in [0.717, 1.165) is 11.3 Å². The van der Waals surface area contributed by atoms with E-state index < -0.39 is 16.7 Å². The quantitative estimate of drug-likeness (QED) is 0.226. The van der Waals surface area contributed by atoms with Gasteiger partial charge in [0.1, 0.15) is 5.57 Å². The lowest BCUT2D eigenvalue weighted by atomic mass is 10.1. The fourth-order valence-corrected chi connectivity index (χ4v) is 2.66. The second kappa shape index (κ2) is 5.94. The summed E-state index contributed by atoms with van der Waals surface area (Å²) in [7, 11) is 0. The summed E-state index contributed by atoms with van der Waals surface area (Å²) < 4.78 is 0. The average Bonchev–Trinajstić information content (AvgIpc) is 2.88.